The Morgan fingerprint density at radius 1 is 1.15 bits per heavy atom. The average molecular weight is 364 g/mol. The molecule has 6 heteroatoms. The summed E-state index contributed by atoms with van der Waals surface area (Å²) in [6, 6.07) is 5.82. The summed E-state index contributed by atoms with van der Waals surface area (Å²) in [7, 11) is 1.60. The van der Waals surface area contributed by atoms with E-state index in [1.54, 1.807) is 20.2 Å². The molecule has 0 amide bonds. The lowest BCUT2D eigenvalue weighted by Crippen LogP contribution is -2.33. The fourth-order valence-electron chi connectivity index (χ4n) is 3.88. The van der Waals surface area contributed by atoms with E-state index >= 15 is 0 Å². The number of fused-ring (bicyclic) bond motifs is 1. The largest absolute Gasteiger partial charge is 0.481 e. The third-order valence-corrected chi connectivity index (χ3v) is 5.73. The van der Waals surface area contributed by atoms with Crippen molar-refractivity contribution in [2.24, 2.45) is 5.92 Å². The van der Waals surface area contributed by atoms with Crippen LogP contribution >= 0.6 is 0 Å². The Morgan fingerprint density at radius 2 is 1.93 bits per heavy atom. The van der Waals surface area contributed by atoms with Gasteiger partial charge < -0.3 is 9.30 Å². The molecule has 4 rings (SSSR count). The molecule has 0 bridgehead atoms. The van der Waals surface area contributed by atoms with Crippen molar-refractivity contribution < 1.29 is 4.74 Å². The van der Waals surface area contributed by atoms with E-state index in [9.17, 15) is 4.79 Å². The van der Waals surface area contributed by atoms with Gasteiger partial charge in [-0.2, -0.15) is 0 Å². The number of hydrogen-bond donors (Lipinski definition) is 0. The summed E-state index contributed by atoms with van der Waals surface area (Å²) in [5, 5.41) is 0. The van der Waals surface area contributed by atoms with Crippen molar-refractivity contribution in [1.82, 2.24) is 19.5 Å². The second kappa shape index (κ2) is 6.76. The molecule has 0 aromatic carbocycles. The van der Waals surface area contributed by atoms with E-state index in [2.05, 4.69) is 21.9 Å². The van der Waals surface area contributed by atoms with Gasteiger partial charge in [0.25, 0.3) is 5.56 Å². The summed E-state index contributed by atoms with van der Waals surface area (Å²) in [5.74, 6) is 1.12. The van der Waals surface area contributed by atoms with Crippen molar-refractivity contribution in [2.75, 3.05) is 7.11 Å². The highest BCUT2D eigenvalue weighted by molar-refractivity contribution is 5.90. The van der Waals surface area contributed by atoms with E-state index in [1.165, 1.54) is 19.3 Å². The molecular formula is C21H24N4O2. The molecule has 1 aliphatic rings. The van der Waals surface area contributed by atoms with Gasteiger partial charge >= 0.3 is 0 Å². The average Bonchev–Trinajstić information content (AvgIpc) is 2.61. The fraction of sp³-hybridized carbons (Fsp3) is 0.429. The summed E-state index contributed by atoms with van der Waals surface area (Å²) < 4.78 is 7.13. The summed E-state index contributed by atoms with van der Waals surface area (Å²) in [5.41, 5.74) is 4.54. The van der Waals surface area contributed by atoms with Gasteiger partial charge in [0.2, 0.25) is 5.88 Å². The first-order valence-corrected chi connectivity index (χ1v) is 9.41. The highest BCUT2D eigenvalue weighted by Crippen LogP contribution is 2.37. The van der Waals surface area contributed by atoms with Crippen LogP contribution in [0.15, 0.2) is 29.2 Å². The monoisotopic (exact) mass is 364 g/mol. The van der Waals surface area contributed by atoms with Crippen molar-refractivity contribution in [3.05, 3.63) is 46.1 Å². The topological polar surface area (TPSA) is 69.9 Å². The second-order valence-electron chi connectivity index (χ2n) is 7.32. The van der Waals surface area contributed by atoms with Crippen molar-refractivity contribution >= 4 is 11.0 Å². The standard InChI is InChI=1S/C21H24N4O2/c1-12-16(8-9-18(23-12)27-4)19-20-17(10-11-22-19)25(21(26)13(2)24-20)14(3)15-6-5-7-15/h8-11,14-15H,5-7H2,1-4H3/t14-/m1/s1. The maximum absolute atomic E-state index is 12.9. The molecule has 6 nitrogen and oxygen atoms in total. The van der Waals surface area contributed by atoms with Crippen LogP contribution in [0.25, 0.3) is 22.3 Å². The highest BCUT2D eigenvalue weighted by Gasteiger charge is 2.28. The normalized spacial score (nSPS) is 15.6. The van der Waals surface area contributed by atoms with Gasteiger partial charge in [0.15, 0.2) is 0 Å². The van der Waals surface area contributed by atoms with Gasteiger partial charge in [0, 0.05) is 23.9 Å². The first-order valence-electron chi connectivity index (χ1n) is 9.41. The van der Waals surface area contributed by atoms with E-state index in [0.29, 0.717) is 17.5 Å². The van der Waals surface area contributed by atoms with E-state index in [-0.39, 0.29) is 11.6 Å². The molecule has 0 aliphatic heterocycles. The van der Waals surface area contributed by atoms with Gasteiger partial charge in [-0.3, -0.25) is 9.78 Å². The maximum Gasteiger partial charge on any atom is 0.272 e. The number of pyridine rings is 2. The smallest absolute Gasteiger partial charge is 0.272 e. The molecule has 0 N–H and O–H groups in total. The molecule has 0 radical (unpaired) electrons. The summed E-state index contributed by atoms with van der Waals surface area (Å²) in [4.78, 5) is 26.6. The number of methoxy groups -OCH3 is 1. The summed E-state index contributed by atoms with van der Waals surface area (Å²) in [6.45, 7) is 5.85. The Bertz CT molecular complexity index is 1070. The molecule has 0 unspecified atom stereocenters. The van der Waals surface area contributed by atoms with Gasteiger partial charge in [-0.05, 0) is 51.7 Å². The number of rotatable bonds is 4. The second-order valence-corrected chi connectivity index (χ2v) is 7.32. The molecule has 1 fully saturated rings. The first-order chi connectivity index (χ1) is 13.0. The molecule has 3 aromatic rings. The van der Waals surface area contributed by atoms with Crippen molar-refractivity contribution in [2.45, 2.75) is 46.1 Å². The molecule has 140 valence electrons. The Morgan fingerprint density at radius 3 is 2.56 bits per heavy atom. The van der Waals surface area contributed by atoms with Crippen LogP contribution in [0.1, 0.15) is 43.6 Å². The molecule has 1 aliphatic carbocycles. The van der Waals surface area contributed by atoms with E-state index in [1.807, 2.05) is 29.7 Å². The van der Waals surface area contributed by atoms with Gasteiger partial charge in [0.1, 0.15) is 11.2 Å². The predicted molar refractivity (Wildman–Crippen MR) is 105 cm³/mol. The number of hydrogen-bond acceptors (Lipinski definition) is 5. The minimum absolute atomic E-state index is 0.0105. The lowest BCUT2D eigenvalue weighted by Gasteiger charge is -2.33. The number of aryl methyl sites for hydroxylation is 2. The minimum Gasteiger partial charge on any atom is -0.481 e. The van der Waals surface area contributed by atoms with E-state index in [0.717, 1.165) is 28.0 Å². The lowest BCUT2D eigenvalue weighted by atomic mass is 9.80. The Balaban J connectivity index is 1.96. The molecule has 27 heavy (non-hydrogen) atoms. The zero-order valence-corrected chi connectivity index (χ0v) is 16.2. The molecule has 1 atom stereocenters. The third-order valence-electron chi connectivity index (χ3n) is 5.73. The molecule has 3 aromatic heterocycles. The Kier molecular flexibility index (Phi) is 4.42. The predicted octanol–water partition coefficient (Wildman–Crippen LogP) is 3.84. The quantitative estimate of drug-likeness (QED) is 0.703. The Labute approximate surface area is 158 Å². The molecular weight excluding hydrogens is 340 g/mol. The van der Waals surface area contributed by atoms with Crippen LogP contribution in [0.5, 0.6) is 5.88 Å². The Hall–Kier alpha value is -2.76. The summed E-state index contributed by atoms with van der Waals surface area (Å²) in [6.07, 6.45) is 5.35. The summed E-state index contributed by atoms with van der Waals surface area (Å²) >= 11 is 0. The van der Waals surface area contributed by atoms with Crippen molar-refractivity contribution in [3.8, 4) is 17.1 Å². The number of ether oxygens (including phenoxy) is 1. The molecule has 3 heterocycles. The lowest BCUT2D eigenvalue weighted by molar-refractivity contribution is 0.222. The van der Waals surface area contributed by atoms with E-state index in [4.69, 9.17) is 4.74 Å². The van der Waals surface area contributed by atoms with Gasteiger partial charge in [-0.1, -0.05) is 6.42 Å². The first kappa shape index (κ1) is 17.6. The number of nitrogens with zero attached hydrogens (tertiary/aromatic N) is 4. The van der Waals surface area contributed by atoms with Gasteiger partial charge in [0.05, 0.1) is 24.0 Å². The van der Waals surface area contributed by atoms with Crippen LogP contribution in [-0.4, -0.2) is 26.6 Å². The molecule has 1 saturated carbocycles. The fourth-order valence-corrected chi connectivity index (χ4v) is 3.88. The van der Waals surface area contributed by atoms with Crippen LogP contribution in [0.3, 0.4) is 0 Å². The minimum atomic E-state index is -0.0105. The maximum atomic E-state index is 12.9. The van der Waals surface area contributed by atoms with Crippen LogP contribution < -0.4 is 10.3 Å². The van der Waals surface area contributed by atoms with Crippen LogP contribution in [0, 0.1) is 19.8 Å². The van der Waals surface area contributed by atoms with Gasteiger partial charge in [-0.25, -0.2) is 9.97 Å². The SMILES string of the molecule is COc1ccc(-c2nccc3c2nc(C)c(=O)n3[C@H](C)C2CCC2)c(C)n1. The van der Waals surface area contributed by atoms with Gasteiger partial charge in [-0.15, -0.1) is 0 Å². The molecule has 0 saturated heterocycles. The van der Waals surface area contributed by atoms with Crippen molar-refractivity contribution in [1.29, 1.82) is 0 Å². The van der Waals surface area contributed by atoms with Crippen molar-refractivity contribution in [3.63, 3.8) is 0 Å². The van der Waals surface area contributed by atoms with E-state index < -0.39 is 0 Å². The van der Waals surface area contributed by atoms with Crippen LogP contribution in [0.4, 0.5) is 0 Å². The third kappa shape index (κ3) is 2.89. The zero-order chi connectivity index (χ0) is 19.1. The zero-order valence-electron chi connectivity index (χ0n) is 16.2. The van der Waals surface area contributed by atoms with Crippen LogP contribution in [-0.2, 0) is 0 Å². The number of aromatic nitrogens is 4. The molecule has 0 spiro atoms. The highest BCUT2D eigenvalue weighted by atomic mass is 16.5. The van der Waals surface area contributed by atoms with Crippen LogP contribution in [0.2, 0.25) is 0 Å².